The maximum atomic E-state index is 12.2. The summed E-state index contributed by atoms with van der Waals surface area (Å²) in [5, 5.41) is 19.4. The Morgan fingerprint density at radius 1 is 0.467 bits per heavy atom. The van der Waals surface area contributed by atoms with Crippen molar-refractivity contribution in [3.8, 4) is 0 Å². The van der Waals surface area contributed by atoms with Gasteiger partial charge < -0.3 is 14.9 Å². The molecule has 0 bridgehead atoms. The Morgan fingerprint density at radius 2 is 0.756 bits per heavy atom. The molecule has 5 nitrogen and oxygen atoms in total. The van der Waals surface area contributed by atoms with E-state index in [4.69, 9.17) is 4.74 Å². The van der Waals surface area contributed by atoms with Crippen LogP contribution in [0.5, 0.6) is 0 Å². The molecule has 1 atom stereocenters. The zero-order valence-corrected chi connectivity index (χ0v) is 30.7. The number of hydrogen-bond donors (Lipinski definition) is 2. The van der Waals surface area contributed by atoms with E-state index in [1.54, 1.807) is 0 Å². The lowest BCUT2D eigenvalue weighted by molar-refractivity contribution is -0.174. The average Bonchev–Trinajstić information content (AvgIpc) is 2.97. The molecule has 0 rings (SSSR count). The lowest BCUT2D eigenvalue weighted by Crippen LogP contribution is -2.44. The summed E-state index contributed by atoms with van der Waals surface area (Å²) in [6, 6.07) is 0. The third kappa shape index (κ3) is 30.0. The van der Waals surface area contributed by atoms with Crippen LogP contribution in [0.25, 0.3) is 0 Å². The second-order valence-electron chi connectivity index (χ2n) is 15.0. The van der Waals surface area contributed by atoms with Crippen molar-refractivity contribution in [1.29, 1.82) is 0 Å². The van der Waals surface area contributed by atoms with Crippen LogP contribution in [0.4, 0.5) is 0 Å². The zero-order valence-electron chi connectivity index (χ0n) is 30.7. The molecule has 0 amide bonds. The molecule has 2 N–H and O–H groups in total. The van der Waals surface area contributed by atoms with E-state index in [1.165, 1.54) is 141 Å². The minimum atomic E-state index is -1.59. The average molecular weight is 639 g/mol. The van der Waals surface area contributed by atoms with Crippen molar-refractivity contribution in [2.24, 2.45) is 11.8 Å². The number of aliphatic carboxylic acids is 2. The summed E-state index contributed by atoms with van der Waals surface area (Å²) in [6.07, 6.45) is 34.9. The predicted molar refractivity (Wildman–Crippen MR) is 192 cm³/mol. The van der Waals surface area contributed by atoms with E-state index < -0.39 is 24.0 Å². The Balaban J connectivity index is 3.87. The second-order valence-corrected chi connectivity index (χ2v) is 15.0. The standard InChI is InChI=1S/C40H78O5/c1-36(2)31-27-23-19-15-11-7-5-9-13-17-21-25-29-33-40(39(43)44,35-38(41)42)45-34-30-26-22-18-14-10-6-8-12-16-20-24-28-32-37(3)4/h36-37H,5-35H2,1-4H3,(H,41,42)(H,43,44). The minimum absolute atomic E-state index is 0.281. The van der Waals surface area contributed by atoms with E-state index in [0.717, 1.165) is 43.9 Å². The van der Waals surface area contributed by atoms with Gasteiger partial charge in [0.1, 0.15) is 0 Å². The van der Waals surface area contributed by atoms with Crippen molar-refractivity contribution < 1.29 is 24.5 Å². The quantitative estimate of drug-likeness (QED) is 0.0667. The third-order valence-electron chi connectivity index (χ3n) is 9.49. The van der Waals surface area contributed by atoms with Crippen molar-refractivity contribution in [3.63, 3.8) is 0 Å². The first kappa shape index (κ1) is 43.9. The maximum Gasteiger partial charge on any atom is 0.336 e. The first-order chi connectivity index (χ1) is 21.7. The van der Waals surface area contributed by atoms with Crippen molar-refractivity contribution in [1.82, 2.24) is 0 Å². The minimum Gasteiger partial charge on any atom is -0.481 e. The number of rotatable bonds is 36. The van der Waals surface area contributed by atoms with Gasteiger partial charge in [0.05, 0.1) is 6.42 Å². The van der Waals surface area contributed by atoms with Crippen molar-refractivity contribution in [3.05, 3.63) is 0 Å². The Bertz CT molecular complexity index is 661. The van der Waals surface area contributed by atoms with E-state index >= 15 is 0 Å². The van der Waals surface area contributed by atoms with Crippen molar-refractivity contribution in [2.75, 3.05) is 6.61 Å². The number of hydrogen-bond acceptors (Lipinski definition) is 3. The van der Waals surface area contributed by atoms with Gasteiger partial charge in [-0.25, -0.2) is 4.79 Å². The molecule has 0 aromatic heterocycles. The van der Waals surface area contributed by atoms with Gasteiger partial charge in [0.15, 0.2) is 5.60 Å². The molecule has 0 saturated heterocycles. The van der Waals surface area contributed by atoms with Crippen LogP contribution < -0.4 is 0 Å². The molecule has 0 saturated carbocycles. The van der Waals surface area contributed by atoms with E-state index in [1.807, 2.05) is 0 Å². The molecule has 1 unspecified atom stereocenters. The molecule has 268 valence electrons. The highest BCUT2D eigenvalue weighted by atomic mass is 16.5. The van der Waals surface area contributed by atoms with Gasteiger partial charge in [0.2, 0.25) is 0 Å². The van der Waals surface area contributed by atoms with Crippen molar-refractivity contribution >= 4 is 11.9 Å². The van der Waals surface area contributed by atoms with Gasteiger partial charge >= 0.3 is 11.9 Å². The summed E-state index contributed by atoms with van der Waals surface area (Å²) in [6.45, 7) is 9.56. The monoisotopic (exact) mass is 639 g/mol. The summed E-state index contributed by atoms with van der Waals surface area (Å²) >= 11 is 0. The number of unbranched alkanes of at least 4 members (excludes halogenated alkanes) is 24. The van der Waals surface area contributed by atoms with Gasteiger partial charge in [-0.2, -0.15) is 0 Å². The summed E-state index contributed by atoms with van der Waals surface area (Å²) < 4.78 is 5.86. The summed E-state index contributed by atoms with van der Waals surface area (Å²) in [7, 11) is 0. The lowest BCUT2D eigenvalue weighted by atomic mass is 9.91. The van der Waals surface area contributed by atoms with Gasteiger partial charge in [0.25, 0.3) is 0 Å². The number of carboxylic acids is 2. The topological polar surface area (TPSA) is 83.8 Å². The maximum absolute atomic E-state index is 12.2. The fourth-order valence-corrected chi connectivity index (χ4v) is 6.47. The van der Waals surface area contributed by atoms with Crippen LogP contribution in [0.3, 0.4) is 0 Å². The molecule has 0 spiro atoms. The van der Waals surface area contributed by atoms with Crippen LogP contribution in [-0.4, -0.2) is 34.4 Å². The summed E-state index contributed by atoms with van der Waals surface area (Å²) in [5.74, 6) is -0.550. The molecule has 0 aliphatic heterocycles. The molecule has 0 fully saturated rings. The molecule has 0 aliphatic rings. The summed E-state index contributed by atoms with van der Waals surface area (Å²) in [4.78, 5) is 23.7. The normalized spacial score (nSPS) is 13.1. The first-order valence-electron chi connectivity index (χ1n) is 19.8. The highest BCUT2D eigenvalue weighted by Crippen LogP contribution is 2.26. The molecular formula is C40H78O5. The SMILES string of the molecule is CC(C)CCCCCCCCCCCCCCCOC(CCCCCCCCCCCCCCCC(C)C)(CC(=O)O)C(=O)O. The predicted octanol–water partition coefficient (Wildman–Crippen LogP) is 12.9. The fourth-order valence-electron chi connectivity index (χ4n) is 6.47. The Hall–Kier alpha value is -1.10. The van der Waals surface area contributed by atoms with Crippen LogP contribution in [0, 0.1) is 11.8 Å². The first-order valence-corrected chi connectivity index (χ1v) is 19.8. The van der Waals surface area contributed by atoms with Crippen LogP contribution in [0.2, 0.25) is 0 Å². The molecule has 45 heavy (non-hydrogen) atoms. The molecule has 0 aromatic carbocycles. The van der Waals surface area contributed by atoms with E-state index in [0.29, 0.717) is 13.0 Å². The Morgan fingerprint density at radius 3 is 1.04 bits per heavy atom. The van der Waals surface area contributed by atoms with Gasteiger partial charge in [0, 0.05) is 6.61 Å². The highest BCUT2D eigenvalue weighted by Gasteiger charge is 2.41. The molecular weight excluding hydrogens is 560 g/mol. The largest absolute Gasteiger partial charge is 0.481 e. The van der Waals surface area contributed by atoms with Crippen LogP contribution >= 0.6 is 0 Å². The molecule has 5 heteroatoms. The van der Waals surface area contributed by atoms with E-state index in [9.17, 15) is 19.8 Å². The Kier molecular flexibility index (Phi) is 30.7. The molecule has 0 aromatic rings. The smallest absolute Gasteiger partial charge is 0.336 e. The number of ether oxygens (including phenoxy) is 1. The van der Waals surface area contributed by atoms with Crippen molar-refractivity contribution in [2.45, 2.75) is 226 Å². The zero-order chi connectivity index (χ0) is 33.4. The van der Waals surface area contributed by atoms with Crippen LogP contribution in [0.1, 0.15) is 220 Å². The lowest BCUT2D eigenvalue weighted by Gasteiger charge is -2.28. The second kappa shape index (κ2) is 31.5. The molecule has 0 heterocycles. The van der Waals surface area contributed by atoms with Gasteiger partial charge in [-0.3, -0.25) is 4.79 Å². The fraction of sp³-hybridized carbons (Fsp3) is 0.950. The van der Waals surface area contributed by atoms with E-state index in [2.05, 4.69) is 27.7 Å². The van der Waals surface area contributed by atoms with Gasteiger partial charge in [-0.15, -0.1) is 0 Å². The van der Waals surface area contributed by atoms with Crippen LogP contribution in [0.15, 0.2) is 0 Å². The van der Waals surface area contributed by atoms with Crippen LogP contribution in [-0.2, 0) is 14.3 Å². The Labute approximate surface area is 280 Å². The highest BCUT2D eigenvalue weighted by molar-refractivity contribution is 5.83. The van der Waals surface area contributed by atoms with Gasteiger partial charge in [-0.05, 0) is 31.1 Å². The third-order valence-corrected chi connectivity index (χ3v) is 9.49. The number of carbonyl (C=O) groups is 2. The number of carboxylic acid groups (broad SMARTS) is 2. The summed E-state index contributed by atoms with van der Waals surface area (Å²) in [5.41, 5.74) is -1.59. The van der Waals surface area contributed by atoms with E-state index in [-0.39, 0.29) is 6.42 Å². The molecule has 0 aliphatic carbocycles. The molecule has 0 radical (unpaired) electrons. The van der Waals surface area contributed by atoms with Gasteiger partial charge in [-0.1, -0.05) is 195 Å².